The minimum atomic E-state index is -2.52. The van der Waals surface area contributed by atoms with Gasteiger partial charge in [-0.3, -0.25) is 34.6 Å². The maximum atomic E-state index is 12.1. The summed E-state index contributed by atoms with van der Waals surface area (Å²) in [5, 5.41) is 41.4. The lowest BCUT2D eigenvalue weighted by atomic mass is 10.0. The molecular formula is C13H19N5O11S. The zero-order valence-corrected chi connectivity index (χ0v) is 16.1. The average molecular weight is 453 g/mol. The number of hydrogen-bond acceptors (Lipinski definition) is 10. The number of nitrogens with one attached hydrogen (secondary N) is 1. The summed E-state index contributed by atoms with van der Waals surface area (Å²) < 4.78 is 12.1. The molecule has 2 unspecified atom stereocenters. The summed E-state index contributed by atoms with van der Waals surface area (Å²) in [5.74, 6) is -6.10. The number of nitrogens with zero attached hydrogens (tertiary/aromatic N) is 3. The number of hydrogen-bond donors (Lipinski definition) is 4. The molecular weight excluding hydrogens is 434 g/mol. The van der Waals surface area contributed by atoms with Crippen LogP contribution in [0.25, 0.3) is 0 Å². The highest BCUT2D eigenvalue weighted by Crippen LogP contribution is 2.25. The second-order valence-electron chi connectivity index (χ2n) is 6.44. The van der Waals surface area contributed by atoms with Gasteiger partial charge in [-0.1, -0.05) is 0 Å². The van der Waals surface area contributed by atoms with E-state index in [9.17, 15) is 44.0 Å². The molecule has 0 aromatic heterocycles. The van der Waals surface area contributed by atoms with Crippen LogP contribution in [0.3, 0.4) is 0 Å². The van der Waals surface area contributed by atoms with Crippen molar-refractivity contribution in [1.29, 1.82) is 0 Å². The van der Waals surface area contributed by atoms with E-state index in [2.05, 4.69) is 0 Å². The molecule has 0 saturated carbocycles. The summed E-state index contributed by atoms with van der Waals surface area (Å²) in [6.45, 7) is -1.63. The number of carboxylic acids is 2. The number of carbonyl (C=O) groups is 4. The molecule has 17 heteroatoms. The molecule has 0 aromatic rings. The predicted molar refractivity (Wildman–Crippen MR) is 95.6 cm³/mol. The van der Waals surface area contributed by atoms with Gasteiger partial charge in [0.2, 0.25) is 5.91 Å². The smallest absolute Gasteiger partial charge is 0.492 e. The zero-order chi connectivity index (χ0) is 23.2. The Morgan fingerprint density at radius 2 is 1.67 bits per heavy atom. The molecule has 0 aromatic carbocycles. The van der Waals surface area contributed by atoms with Gasteiger partial charge in [0.05, 0.1) is 0 Å². The molecule has 168 valence electrons. The van der Waals surface area contributed by atoms with Crippen molar-refractivity contribution in [2.45, 2.75) is 30.6 Å². The zero-order valence-electron chi connectivity index (χ0n) is 15.3. The van der Waals surface area contributed by atoms with Crippen LogP contribution in [-0.2, 0) is 30.4 Å². The molecule has 0 radical (unpaired) electrons. The second-order valence-corrected chi connectivity index (χ2v) is 7.94. The number of nitro groups is 2. The Labute approximate surface area is 170 Å². The summed E-state index contributed by atoms with van der Waals surface area (Å²) in [6, 6.07) is -2.98. The highest BCUT2D eigenvalue weighted by Gasteiger charge is 2.67. The number of rotatable bonds is 12. The summed E-state index contributed by atoms with van der Waals surface area (Å²) in [5.41, 5.74) is 2.70. The van der Waals surface area contributed by atoms with E-state index in [1.54, 1.807) is 0 Å². The first-order chi connectivity index (χ1) is 13.8. The molecule has 0 aliphatic carbocycles. The van der Waals surface area contributed by atoms with Crippen molar-refractivity contribution in [3.63, 3.8) is 0 Å². The maximum Gasteiger partial charge on any atom is 0.492 e. The van der Waals surface area contributed by atoms with Crippen molar-refractivity contribution in [3.05, 3.63) is 20.2 Å². The maximum absolute atomic E-state index is 12.1. The molecule has 2 amide bonds. The van der Waals surface area contributed by atoms with E-state index in [4.69, 9.17) is 15.9 Å². The highest BCUT2D eigenvalue weighted by molar-refractivity contribution is 7.92. The van der Waals surface area contributed by atoms with Gasteiger partial charge in [-0.05, 0) is 17.6 Å². The Morgan fingerprint density at radius 1 is 1.13 bits per heavy atom. The molecule has 1 rings (SSSR count). The van der Waals surface area contributed by atoms with Crippen molar-refractivity contribution in [3.8, 4) is 0 Å². The molecule has 1 heterocycles. The van der Waals surface area contributed by atoms with Gasteiger partial charge in [0.15, 0.2) is 24.9 Å². The highest BCUT2D eigenvalue weighted by atomic mass is 32.2. The topological polar surface area (TPSA) is 259 Å². The summed E-state index contributed by atoms with van der Waals surface area (Å²) >= 11 is -2.12. The van der Waals surface area contributed by atoms with Crippen LogP contribution in [0.1, 0.15) is 12.8 Å². The molecule has 5 N–H and O–H groups in total. The van der Waals surface area contributed by atoms with Gasteiger partial charge in [-0.2, -0.15) is 0 Å². The molecule has 0 spiro atoms. The van der Waals surface area contributed by atoms with E-state index in [0.29, 0.717) is 0 Å². The van der Waals surface area contributed by atoms with Crippen LogP contribution in [0.2, 0.25) is 0 Å². The van der Waals surface area contributed by atoms with E-state index in [1.807, 2.05) is 5.32 Å². The van der Waals surface area contributed by atoms with Gasteiger partial charge >= 0.3 is 17.6 Å². The minimum absolute atomic E-state index is 0.265. The standard InChI is InChI=1S/C13H19N5O11S/c14-7(11(21)22)1-2-9(19)15-8(12(23)24)3-30(29)4-10(20)16-5-13(6-16,17(25)26)18(27)28/h7-8H,1-6,14H2,(H,15,19)(H,21,22)(H,23,24)/t7?,8-,30?/m0/s1. The van der Waals surface area contributed by atoms with E-state index in [1.165, 1.54) is 0 Å². The van der Waals surface area contributed by atoms with Crippen molar-refractivity contribution in [2.75, 3.05) is 24.6 Å². The van der Waals surface area contributed by atoms with E-state index >= 15 is 0 Å². The monoisotopic (exact) mass is 453 g/mol. The van der Waals surface area contributed by atoms with Crippen LogP contribution >= 0.6 is 0 Å². The predicted octanol–water partition coefficient (Wildman–Crippen LogP) is -3.41. The third-order valence-corrected chi connectivity index (χ3v) is 5.46. The first kappa shape index (κ1) is 25.0. The Balaban J connectivity index is 2.55. The van der Waals surface area contributed by atoms with Gasteiger partial charge < -0.3 is 30.7 Å². The number of aliphatic carboxylic acids is 2. The molecule has 0 bridgehead atoms. The van der Waals surface area contributed by atoms with Gasteiger partial charge in [0, 0.05) is 6.42 Å². The van der Waals surface area contributed by atoms with Gasteiger partial charge in [0.1, 0.15) is 21.6 Å². The van der Waals surface area contributed by atoms with Crippen molar-refractivity contribution >= 4 is 34.9 Å². The van der Waals surface area contributed by atoms with Crippen LogP contribution in [-0.4, -0.2) is 95.6 Å². The molecule has 1 saturated heterocycles. The lowest BCUT2D eigenvalue weighted by Gasteiger charge is -2.35. The summed E-state index contributed by atoms with van der Waals surface area (Å²) in [6.07, 6.45) is -0.668. The van der Waals surface area contributed by atoms with E-state index in [0.717, 1.165) is 4.90 Å². The fraction of sp³-hybridized carbons (Fsp3) is 0.692. The SMILES string of the molecule is NC(CCC(=O)N[C@@H](C[S+]([O-])CC(=O)N1CC([N+](=O)[O-])([N+](=O)[O-])C1)C(=O)O)C(=O)O. The third kappa shape index (κ3) is 6.22. The fourth-order valence-corrected chi connectivity index (χ4v) is 3.54. The van der Waals surface area contributed by atoms with Gasteiger partial charge in [-0.25, -0.2) is 4.79 Å². The largest absolute Gasteiger partial charge is 0.616 e. The fourth-order valence-electron chi connectivity index (χ4n) is 2.36. The Kier molecular flexibility index (Phi) is 8.43. The Morgan fingerprint density at radius 3 is 2.10 bits per heavy atom. The molecule has 1 fully saturated rings. The number of carboxylic acid groups (broad SMARTS) is 2. The van der Waals surface area contributed by atoms with Gasteiger partial charge in [-0.15, -0.1) is 0 Å². The number of amides is 2. The van der Waals surface area contributed by atoms with E-state index in [-0.39, 0.29) is 6.42 Å². The number of nitrogens with two attached hydrogens (primary N) is 1. The number of carbonyl (C=O) groups excluding carboxylic acids is 2. The summed E-state index contributed by atoms with van der Waals surface area (Å²) in [4.78, 5) is 65.6. The Hall–Kier alpha value is -3.05. The molecule has 3 atom stereocenters. The molecule has 30 heavy (non-hydrogen) atoms. The molecule has 16 nitrogen and oxygen atoms in total. The lowest BCUT2D eigenvalue weighted by molar-refractivity contribution is -0.809. The first-order valence-corrected chi connectivity index (χ1v) is 9.71. The minimum Gasteiger partial charge on any atom is -0.616 e. The van der Waals surface area contributed by atoms with Gasteiger partial charge in [0.25, 0.3) is 5.91 Å². The van der Waals surface area contributed by atoms with Crippen LogP contribution in [0.15, 0.2) is 0 Å². The van der Waals surface area contributed by atoms with Crippen LogP contribution < -0.4 is 11.1 Å². The van der Waals surface area contributed by atoms with Crippen LogP contribution in [0, 0.1) is 20.2 Å². The van der Waals surface area contributed by atoms with Crippen molar-refractivity contribution in [1.82, 2.24) is 10.2 Å². The summed E-state index contributed by atoms with van der Waals surface area (Å²) in [7, 11) is 0. The number of likely N-dealkylation sites (tertiary alicyclic amines) is 1. The normalized spacial score (nSPS) is 17.7. The van der Waals surface area contributed by atoms with Crippen LogP contribution in [0.5, 0.6) is 0 Å². The lowest BCUT2D eigenvalue weighted by Crippen LogP contribution is -2.71. The van der Waals surface area contributed by atoms with E-state index < -0.39 is 93.5 Å². The van der Waals surface area contributed by atoms with Crippen molar-refractivity contribution < 1.29 is 43.8 Å². The second kappa shape index (κ2) is 10.1. The molecule has 1 aliphatic rings. The average Bonchev–Trinajstić information content (AvgIpc) is 2.56. The van der Waals surface area contributed by atoms with Crippen molar-refractivity contribution in [2.24, 2.45) is 5.73 Å². The third-order valence-electron chi connectivity index (χ3n) is 4.19. The quantitative estimate of drug-likeness (QED) is 0.0974. The molecule has 1 aliphatic heterocycles. The van der Waals surface area contributed by atoms with Crippen LogP contribution in [0.4, 0.5) is 0 Å². The Bertz CT molecular complexity index is 725. The first-order valence-electron chi connectivity index (χ1n) is 8.22.